The van der Waals surface area contributed by atoms with E-state index in [-0.39, 0.29) is 12.1 Å². The summed E-state index contributed by atoms with van der Waals surface area (Å²) in [5, 5.41) is 16.6. The van der Waals surface area contributed by atoms with Crippen molar-refractivity contribution in [2.75, 3.05) is 17.7 Å². The summed E-state index contributed by atoms with van der Waals surface area (Å²) in [4.78, 5) is 8.96. The van der Waals surface area contributed by atoms with Crippen molar-refractivity contribution < 1.29 is 5.11 Å². The lowest BCUT2D eigenvalue weighted by Crippen LogP contribution is -2.09. The van der Waals surface area contributed by atoms with Gasteiger partial charge in [-0.1, -0.05) is 71.8 Å². The zero-order valence-corrected chi connectivity index (χ0v) is 24.3. The summed E-state index contributed by atoms with van der Waals surface area (Å²) in [6.07, 6.45) is 11.3. The van der Waals surface area contributed by atoms with Crippen molar-refractivity contribution in [3.63, 3.8) is 0 Å². The number of halogens is 1. The molecule has 208 valence electrons. The van der Waals surface area contributed by atoms with Crippen molar-refractivity contribution in [2.45, 2.75) is 58.1 Å². The summed E-state index contributed by atoms with van der Waals surface area (Å²) < 4.78 is 0. The van der Waals surface area contributed by atoms with Crippen molar-refractivity contribution >= 4 is 23.1 Å². The number of allylic oxidation sites excluding steroid dienone is 2. The van der Waals surface area contributed by atoms with Crippen LogP contribution in [-0.4, -0.2) is 28.2 Å². The van der Waals surface area contributed by atoms with Gasteiger partial charge in [0.2, 0.25) is 0 Å². The predicted octanol–water partition coefficient (Wildman–Crippen LogP) is 8.27. The lowest BCUT2D eigenvalue weighted by Gasteiger charge is -2.17. The average Bonchev–Trinajstić information content (AvgIpc) is 2.94. The molecule has 6 heteroatoms. The summed E-state index contributed by atoms with van der Waals surface area (Å²) in [6, 6.07) is 24.6. The van der Waals surface area contributed by atoms with Crippen molar-refractivity contribution in [3.05, 3.63) is 119 Å². The molecule has 1 heterocycles. The number of nitrogens with one attached hydrogen (secondary N) is 2. The molecule has 3 aromatic carbocycles. The standard InChI is InChI=1S/C19H19ClN4.C15H20O/c1-13(14-3-7-16(20)8-4-14)24-19-18(22-11-12-23-19)15-5-9-17(21-2)10-6-15;1-12(16)11-15-9-7-14(8-10-15)6-5-13-3-2-4-13/h3-13,21H,1-2H3,(H,23,24);5,7-10,12,16H,2-4,6,11H2,1H3. The van der Waals surface area contributed by atoms with E-state index in [9.17, 15) is 5.11 Å². The molecule has 3 N–H and O–H groups in total. The molecule has 1 aliphatic carbocycles. The Bertz CT molecular complexity index is 1360. The second kappa shape index (κ2) is 14.6. The number of anilines is 2. The van der Waals surface area contributed by atoms with Crippen molar-refractivity contribution in [2.24, 2.45) is 0 Å². The van der Waals surface area contributed by atoms with Gasteiger partial charge < -0.3 is 15.7 Å². The lowest BCUT2D eigenvalue weighted by atomic mass is 9.91. The Hall–Kier alpha value is -3.67. The van der Waals surface area contributed by atoms with Gasteiger partial charge in [-0.2, -0.15) is 0 Å². The second-order valence-electron chi connectivity index (χ2n) is 10.3. The molecule has 5 rings (SSSR count). The number of benzene rings is 3. The van der Waals surface area contributed by atoms with Crippen molar-refractivity contribution in [3.8, 4) is 11.3 Å². The summed E-state index contributed by atoms with van der Waals surface area (Å²) >= 11 is 5.96. The highest BCUT2D eigenvalue weighted by Gasteiger charge is 2.12. The first-order valence-corrected chi connectivity index (χ1v) is 14.3. The summed E-state index contributed by atoms with van der Waals surface area (Å²) in [6.45, 7) is 3.92. The van der Waals surface area contributed by atoms with Crippen LogP contribution in [0.3, 0.4) is 0 Å². The number of aliphatic hydroxyl groups is 1. The first-order chi connectivity index (χ1) is 19.4. The molecule has 1 saturated carbocycles. The highest BCUT2D eigenvalue weighted by molar-refractivity contribution is 6.30. The third-order valence-corrected chi connectivity index (χ3v) is 7.30. The Labute approximate surface area is 243 Å². The molecule has 1 aromatic heterocycles. The molecule has 0 radical (unpaired) electrons. The van der Waals surface area contributed by atoms with Crippen LogP contribution in [0.4, 0.5) is 11.5 Å². The lowest BCUT2D eigenvalue weighted by molar-refractivity contribution is 0.195. The van der Waals surface area contributed by atoms with E-state index in [1.165, 1.54) is 30.4 Å². The molecule has 2 atom stereocenters. The van der Waals surface area contributed by atoms with Gasteiger partial charge in [-0.15, -0.1) is 0 Å². The molecule has 0 aliphatic heterocycles. The Morgan fingerprint density at radius 3 is 2.12 bits per heavy atom. The second-order valence-corrected chi connectivity index (χ2v) is 10.7. The molecule has 0 saturated heterocycles. The van der Waals surface area contributed by atoms with E-state index in [1.54, 1.807) is 18.0 Å². The van der Waals surface area contributed by atoms with Crippen LogP contribution in [0.1, 0.15) is 55.8 Å². The van der Waals surface area contributed by atoms with Crippen LogP contribution in [0.15, 0.2) is 96.8 Å². The van der Waals surface area contributed by atoms with Gasteiger partial charge in [0.05, 0.1) is 12.1 Å². The van der Waals surface area contributed by atoms with Crippen LogP contribution in [-0.2, 0) is 12.8 Å². The number of nitrogens with zero attached hydrogens (tertiary/aromatic N) is 2. The Morgan fingerprint density at radius 1 is 0.875 bits per heavy atom. The predicted molar refractivity (Wildman–Crippen MR) is 168 cm³/mol. The van der Waals surface area contributed by atoms with Gasteiger partial charge in [0.1, 0.15) is 5.69 Å². The molecule has 0 amide bonds. The average molecular weight is 555 g/mol. The van der Waals surface area contributed by atoms with E-state index in [2.05, 4.69) is 57.9 Å². The molecule has 1 aliphatic rings. The van der Waals surface area contributed by atoms with Gasteiger partial charge in [0.15, 0.2) is 5.82 Å². The monoisotopic (exact) mass is 554 g/mol. The minimum Gasteiger partial charge on any atom is -0.393 e. The minimum atomic E-state index is -0.247. The van der Waals surface area contributed by atoms with E-state index in [1.807, 2.05) is 62.5 Å². The number of hydrogen-bond donors (Lipinski definition) is 3. The quantitative estimate of drug-likeness (QED) is 0.182. The van der Waals surface area contributed by atoms with Crippen LogP contribution >= 0.6 is 11.6 Å². The largest absolute Gasteiger partial charge is 0.393 e. The first-order valence-electron chi connectivity index (χ1n) is 14.0. The third-order valence-electron chi connectivity index (χ3n) is 7.04. The fourth-order valence-corrected chi connectivity index (χ4v) is 4.62. The highest BCUT2D eigenvalue weighted by atomic mass is 35.5. The normalized spacial score (nSPS) is 13.8. The van der Waals surface area contributed by atoms with Crippen LogP contribution in [0, 0.1) is 0 Å². The molecule has 0 spiro atoms. The molecule has 40 heavy (non-hydrogen) atoms. The maximum absolute atomic E-state index is 9.28. The molecule has 5 nitrogen and oxygen atoms in total. The van der Waals surface area contributed by atoms with Crippen LogP contribution in [0.2, 0.25) is 5.02 Å². The van der Waals surface area contributed by atoms with E-state index in [4.69, 9.17) is 11.6 Å². The zero-order valence-electron chi connectivity index (χ0n) is 23.6. The zero-order chi connectivity index (χ0) is 28.3. The molecule has 4 aromatic rings. The Kier molecular flexibility index (Phi) is 10.7. The van der Waals surface area contributed by atoms with Gasteiger partial charge in [0, 0.05) is 35.7 Å². The van der Waals surface area contributed by atoms with Crippen LogP contribution in [0.25, 0.3) is 11.3 Å². The molecule has 2 unspecified atom stereocenters. The summed E-state index contributed by atoms with van der Waals surface area (Å²) in [7, 11) is 1.90. The number of hydrogen-bond acceptors (Lipinski definition) is 5. The maximum atomic E-state index is 9.28. The number of rotatable bonds is 9. The van der Waals surface area contributed by atoms with Crippen molar-refractivity contribution in [1.82, 2.24) is 9.97 Å². The summed E-state index contributed by atoms with van der Waals surface area (Å²) in [5.74, 6) is 0.761. The van der Waals surface area contributed by atoms with Gasteiger partial charge in [-0.05, 0) is 86.9 Å². The molecular weight excluding hydrogens is 516 g/mol. The maximum Gasteiger partial charge on any atom is 0.153 e. The van der Waals surface area contributed by atoms with Crippen LogP contribution < -0.4 is 10.6 Å². The van der Waals surface area contributed by atoms with E-state index in [0.717, 1.165) is 46.2 Å². The molecule has 0 bridgehead atoms. The fraction of sp³-hybridized carbons (Fsp3) is 0.294. The Morgan fingerprint density at radius 2 is 1.52 bits per heavy atom. The smallest absolute Gasteiger partial charge is 0.153 e. The van der Waals surface area contributed by atoms with Crippen LogP contribution in [0.5, 0.6) is 0 Å². The summed E-state index contributed by atoms with van der Waals surface area (Å²) in [5.41, 5.74) is 8.26. The Balaban J connectivity index is 0.000000201. The van der Waals surface area contributed by atoms with E-state index in [0.29, 0.717) is 0 Å². The topological polar surface area (TPSA) is 70.1 Å². The minimum absolute atomic E-state index is 0.0919. The highest BCUT2D eigenvalue weighted by Crippen LogP contribution is 2.28. The van der Waals surface area contributed by atoms with Gasteiger partial charge in [-0.25, -0.2) is 4.98 Å². The molecular formula is C34H39ClN4O. The van der Waals surface area contributed by atoms with Crippen molar-refractivity contribution in [1.29, 1.82) is 0 Å². The fourth-order valence-electron chi connectivity index (χ4n) is 4.49. The first kappa shape index (κ1) is 29.3. The molecule has 1 fully saturated rings. The van der Waals surface area contributed by atoms with Gasteiger partial charge >= 0.3 is 0 Å². The number of aliphatic hydroxyl groups excluding tert-OH is 1. The third kappa shape index (κ3) is 8.67. The van der Waals surface area contributed by atoms with Gasteiger partial charge in [-0.3, -0.25) is 4.98 Å². The SMILES string of the molecule is CC(O)Cc1ccc(CC=C2CCC2)cc1.CNc1ccc(-c2nccnc2NC(C)c2ccc(Cl)cc2)cc1. The van der Waals surface area contributed by atoms with Gasteiger partial charge in [0.25, 0.3) is 0 Å². The van der Waals surface area contributed by atoms with E-state index >= 15 is 0 Å². The number of aromatic nitrogens is 2. The van der Waals surface area contributed by atoms with E-state index < -0.39 is 0 Å².